The summed E-state index contributed by atoms with van der Waals surface area (Å²) in [4.78, 5) is 41.8. The van der Waals surface area contributed by atoms with Gasteiger partial charge in [0.15, 0.2) is 6.79 Å². The van der Waals surface area contributed by atoms with Crippen LogP contribution >= 0.6 is 0 Å². The highest BCUT2D eigenvalue weighted by Gasteiger charge is 2.50. The maximum atomic E-state index is 15.3. The first-order valence-electron chi connectivity index (χ1n) is 17.8. The quantitative estimate of drug-likeness (QED) is 0.243. The van der Waals surface area contributed by atoms with Crippen LogP contribution in [-0.2, 0) is 28.9 Å². The van der Waals surface area contributed by atoms with Gasteiger partial charge in [-0.15, -0.1) is 0 Å². The highest BCUT2D eigenvalue weighted by Crippen LogP contribution is 2.43. The lowest BCUT2D eigenvalue weighted by Gasteiger charge is -2.40. The molecule has 5 aliphatic rings. The van der Waals surface area contributed by atoms with Gasteiger partial charge in [0.25, 0.3) is 5.91 Å². The zero-order chi connectivity index (χ0) is 35.3. The molecular weight excluding hydrogens is 660 g/mol. The first-order valence-corrected chi connectivity index (χ1v) is 17.8. The molecule has 2 atom stereocenters. The lowest BCUT2D eigenvalue weighted by atomic mass is 9.88. The Labute approximate surface area is 295 Å². The zero-order valence-corrected chi connectivity index (χ0v) is 29.0. The van der Waals surface area contributed by atoms with E-state index in [4.69, 9.17) is 24.2 Å². The molecule has 2 aromatic carbocycles. The summed E-state index contributed by atoms with van der Waals surface area (Å²) in [6.45, 7) is 5.72. The number of carbonyl (C=O) groups is 2. The van der Waals surface area contributed by atoms with E-state index in [0.717, 1.165) is 59.0 Å². The van der Waals surface area contributed by atoms with Crippen LogP contribution in [0.1, 0.15) is 55.8 Å². The number of carbonyl (C=O) groups excluding carboxylic acids is 2. The standard InChI is InChI=1S/C37H43F2N7O5/c1-3-26-28(39)7-6-24-14-25(51-22-49-2)15-30(31(24)26)44-13-8-27-29(19-44)40-35(50-21-36-9-4-12-46(36)18-23(16-36)17-38)41-32(27)45-11-5-10-37(20-45)33(47)42-34(48)43-37/h6-7,14-15,17H,3-5,8-13,16,18-22H2,1-2H3,(H2,42,43,47,48)/b23-17-/t36-,37+/m0/s1. The molecule has 0 saturated carbocycles. The maximum absolute atomic E-state index is 15.3. The van der Waals surface area contributed by atoms with Crippen LogP contribution in [0.25, 0.3) is 10.8 Å². The lowest BCUT2D eigenvalue weighted by Crippen LogP contribution is -2.59. The summed E-state index contributed by atoms with van der Waals surface area (Å²) in [5.74, 6) is 0.707. The van der Waals surface area contributed by atoms with Gasteiger partial charge in [0, 0.05) is 49.4 Å². The number of methoxy groups -OCH3 is 1. The number of anilines is 2. The van der Waals surface area contributed by atoms with Gasteiger partial charge >= 0.3 is 12.0 Å². The van der Waals surface area contributed by atoms with Gasteiger partial charge in [-0.2, -0.15) is 9.97 Å². The number of imide groups is 1. The fourth-order valence-corrected chi connectivity index (χ4v) is 8.89. The topological polar surface area (TPSA) is 121 Å². The third-order valence-electron chi connectivity index (χ3n) is 11.3. The molecule has 5 aliphatic heterocycles. The number of piperidine rings is 1. The molecule has 14 heteroatoms. The van der Waals surface area contributed by atoms with E-state index in [-0.39, 0.29) is 36.6 Å². The van der Waals surface area contributed by atoms with Crippen LogP contribution in [0.2, 0.25) is 0 Å². The van der Waals surface area contributed by atoms with Crippen molar-refractivity contribution < 1.29 is 32.6 Å². The van der Waals surface area contributed by atoms with Crippen molar-refractivity contribution in [1.29, 1.82) is 0 Å². The Hall–Kier alpha value is -4.56. The number of fused-ring (bicyclic) bond motifs is 3. The van der Waals surface area contributed by atoms with Gasteiger partial charge < -0.3 is 29.3 Å². The third-order valence-corrected chi connectivity index (χ3v) is 11.3. The fourth-order valence-electron chi connectivity index (χ4n) is 8.89. The third kappa shape index (κ3) is 5.91. The molecule has 4 saturated heterocycles. The van der Waals surface area contributed by atoms with Gasteiger partial charge in [-0.25, -0.2) is 13.6 Å². The molecule has 0 radical (unpaired) electrons. The summed E-state index contributed by atoms with van der Waals surface area (Å²) < 4.78 is 46.4. The lowest BCUT2D eigenvalue weighted by molar-refractivity contribution is -0.124. The monoisotopic (exact) mass is 703 g/mol. The molecule has 12 nitrogen and oxygen atoms in total. The van der Waals surface area contributed by atoms with Crippen LogP contribution in [0.4, 0.5) is 25.1 Å². The van der Waals surface area contributed by atoms with E-state index in [2.05, 4.69) is 25.3 Å². The van der Waals surface area contributed by atoms with E-state index in [1.165, 1.54) is 6.07 Å². The normalized spacial score (nSPS) is 25.5. The number of hydrogen-bond acceptors (Lipinski definition) is 10. The number of aromatic nitrogens is 2. The van der Waals surface area contributed by atoms with Crippen LogP contribution in [0.3, 0.4) is 0 Å². The second-order valence-corrected chi connectivity index (χ2v) is 14.4. The molecule has 3 aromatic rings. The highest BCUT2D eigenvalue weighted by molar-refractivity contribution is 6.07. The molecule has 0 bridgehead atoms. The molecular formula is C37H43F2N7O5. The Balaban J connectivity index is 1.18. The van der Waals surface area contributed by atoms with E-state index in [1.54, 1.807) is 13.2 Å². The van der Waals surface area contributed by atoms with Crippen molar-refractivity contribution in [2.75, 3.05) is 63.0 Å². The van der Waals surface area contributed by atoms with Crippen LogP contribution < -0.4 is 29.9 Å². The predicted molar refractivity (Wildman–Crippen MR) is 186 cm³/mol. The number of hydrogen-bond donors (Lipinski definition) is 2. The fraction of sp³-hybridized carbons (Fsp3) is 0.514. The SMILES string of the molecule is CCc1c(F)ccc2cc(OCOC)cc(N3CCc4c(nc(OC[C@@]56CCCN5C/C(=C\F)C6)nc4N4CCC[C@]5(C4)NC(=O)NC5=O)C3)c12. The second kappa shape index (κ2) is 13.2. The summed E-state index contributed by atoms with van der Waals surface area (Å²) >= 11 is 0. The molecule has 1 spiro atoms. The van der Waals surface area contributed by atoms with Crippen molar-refractivity contribution in [2.45, 2.75) is 69.5 Å². The van der Waals surface area contributed by atoms with Crippen molar-refractivity contribution in [2.24, 2.45) is 0 Å². The number of nitrogens with zero attached hydrogens (tertiary/aromatic N) is 5. The predicted octanol–water partition coefficient (Wildman–Crippen LogP) is 4.53. The van der Waals surface area contributed by atoms with Crippen molar-refractivity contribution >= 4 is 34.2 Å². The molecule has 4 fully saturated rings. The summed E-state index contributed by atoms with van der Waals surface area (Å²) in [7, 11) is 1.56. The molecule has 270 valence electrons. The highest BCUT2D eigenvalue weighted by atomic mass is 19.1. The molecule has 1 aromatic heterocycles. The Morgan fingerprint density at radius 3 is 2.69 bits per heavy atom. The Kier molecular flexibility index (Phi) is 8.69. The largest absolute Gasteiger partial charge is 0.467 e. The van der Waals surface area contributed by atoms with Crippen molar-refractivity contribution in [3.05, 3.63) is 58.8 Å². The van der Waals surface area contributed by atoms with E-state index < -0.39 is 11.6 Å². The van der Waals surface area contributed by atoms with Gasteiger partial charge in [0.1, 0.15) is 29.5 Å². The summed E-state index contributed by atoms with van der Waals surface area (Å²) in [5.41, 5.74) is 2.59. The van der Waals surface area contributed by atoms with Crippen molar-refractivity contribution in [3.8, 4) is 11.8 Å². The first-order chi connectivity index (χ1) is 24.7. The number of benzene rings is 2. The summed E-state index contributed by atoms with van der Waals surface area (Å²) in [5, 5.41) is 6.98. The molecule has 51 heavy (non-hydrogen) atoms. The Morgan fingerprint density at radius 1 is 1.04 bits per heavy atom. The minimum absolute atomic E-state index is 0.0736. The van der Waals surface area contributed by atoms with Crippen molar-refractivity contribution in [3.63, 3.8) is 0 Å². The zero-order valence-electron chi connectivity index (χ0n) is 29.0. The molecule has 2 N–H and O–H groups in total. The summed E-state index contributed by atoms with van der Waals surface area (Å²) in [6.07, 6.45) is 5.53. The van der Waals surface area contributed by atoms with E-state index in [1.807, 2.05) is 19.1 Å². The van der Waals surface area contributed by atoms with Crippen molar-refractivity contribution in [1.82, 2.24) is 25.5 Å². The minimum atomic E-state index is -1.04. The molecule has 0 aliphatic carbocycles. The van der Waals surface area contributed by atoms with E-state index in [9.17, 15) is 14.0 Å². The average Bonchev–Trinajstić information content (AvgIpc) is 3.78. The smallest absolute Gasteiger partial charge is 0.322 e. The van der Waals surface area contributed by atoms with Gasteiger partial charge in [-0.3, -0.25) is 15.0 Å². The Bertz CT molecular complexity index is 1930. The minimum Gasteiger partial charge on any atom is -0.467 e. The number of halogens is 2. The van der Waals surface area contributed by atoms with E-state index in [0.29, 0.717) is 82.0 Å². The number of amides is 3. The summed E-state index contributed by atoms with van der Waals surface area (Å²) in [6, 6.07) is 6.84. The molecule has 8 rings (SSSR count). The average molecular weight is 704 g/mol. The number of urea groups is 1. The number of ether oxygens (including phenoxy) is 3. The van der Waals surface area contributed by atoms with Gasteiger partial charge in [0.05, 0.1) is 30.7 Å². The molecule has 6 heterocycles. The van der Waals surface area contributed by atoms with Crippen LogP contribution in [0.5, 0.6) is 11.8 Å². The first kappa shape index (κ1) is 33.6. The van der Waals surface area contributed by atoms with Gasteiger partial charge in [-0.1, -0.05) is 13.0 Å². The van der Waals surface area contributed by atoms with E-state index >= 15 is 4.39 Å². The Morgan fingerprint density at radius 2 is 1.90 bits per heavy atom. The van der Waals surface area contributed by atoms with Gasteiger partial charge in [0.2, 0.25) is 0 Å². The van der Waals surface area contributed by atoms with Crippen LogP contribution in [0, 0.1) is 5.82 Å². The number of nitrogens with one attached hydrogen (secondary N) is 2. The number of rotatable bonds is 9. The van der Waals surface area contributed by atoms with Gasteiger partial charge in [-0.05, 0) is 80.1 Å². The molecule has 0 unspecified atom stereocenters. The second-order valence-electron chi connectivity index (χ2n) is 14.4. The molecule has 3 amide bonds. The van der Waals surface area contributed by atoms with Crippen LogP contribution in [-0.4, -0.2) is 91.1 Å². The number of aryl methyl sites for hydroxylation is 1. The van der Waals surface area contributed by atoms with Crippen LogP contribution in [0.15, 0.2) is 36.2 Å². The maximum Gasteiger partial charge on any atom is 0.322 e.